The van der Waals surface area contributed by atoms with Gasteiger partial charge in [-0.15, -0.1) is 0 Å². The van der Waals surface area contributed by atoms with E-state index in [9.17, 15) is 5.11 Å². The number of hydrogen-bond acceptors (Lipinski definition) is 3. The van der Waals surface area contributed by atoms with Crippen molar-refractivity contribution in [3.05, 3.63) is 91.9 Å². The molecule has 3 aromatic rings. The highest BCUT2D eigenvalue weighted by atomic mass is 79.9. The smallest absolute Gasteiger partial charge is 0.242 e. The van der Waals surface area contributed by atoms with Crippen molar-refractivity contribution in [2.75, 3.05) is 0 Å². The standard InChI is InChI=1S/C41H63BrO3Si2/c1-37(2,3)31-23-28(24-32(38(4,5)6)35(31)44-46(13,14)15)41(43,27-19-21-30(42)22-20-27)29-25-33(39(7,8)9)36(45-47(16,17)18)34(26-29)40(10,11)12/h19-26,43H,1-18H3. The third-order valence-corrected chi connectivity index (χ3v) is 10.5. The summed E-state index contributed by atoms with van der Waals surface area (Å²) in [6.07, 6.45) is 0. The Morgan fingerprint density at radius 3 is 0.936 bits per heavy atom. The van der Waals surface area contributed by atoms with Gasteiger partial charge in [0.1, 0.15) is 17.1 Å². The molecule has 0 amide bonds. The van der Waals surface area contributed by atoms with E-state index in [1.54, 1.807) is 0 Å². The molecule has 3 nitrogen and oxygen atoms in total. The van der Waals surface area contributed by atoms with Crippen LogP contribution < -0.4 is 8.85 Å². The van der Waals surface area contributed by atoms with Crippen molar-refractivity contribution in [2.45, 2.75) is 150 Å². The summed E-state index contributed by atoms with van der Waals surface area (Å²) in [5.74, 6) is 1.94. The summed E-state index contributed by atoms with van der Waals surface area (Å²) in [5.41, 5.74) is 4.59. The molecule has 0 heterocycles. The van der Waals surface area contributed by atoms with Crippen LogP contribution in [0.25, 0.3) is 0 Å². The van der Waals surface area contributed by atoms with Crippen LogP contribution in [0.4, 0.5) is 0 Å². The molecular weight excluding hydrogens is 677 g/mol. The Kier molecular flexibility index (Phi) is 10.8. The summed E-state index contributed by atoms with van der Waals surface area (Å²) in [6, 6.07) is 17.0. The summed E-state index contributed by atoms with van der Waals surface area (Å²) in [6.45, 7) is 40.3. The Morgan fingerprint density at radius 2 is 0.723 bits per heavy atom. The van der Waals surface area contributed by atoms with Gasteiger partial charge in [-0.05, 0) is 136 Å². The van der Waals surface area contributed by atoms with E-state index in [0.29, 0.717) is 0 Å². The lowest BCUT2D eigenvalue weighted by atomic mass is 9.71. The van der Waals surface area contributed by atoms with Gasteiger partial charge in [-0.2, -0.15) is 0 Å². The average Bonchev–Trinajstić information content (AvgIpc) is 2.84. The summed E-state index contributed by atoms with van der Waals surface area (Å²) >= 11 is 3.64. The minimum absolute atomic E-state index is 0.228. The van der Waals surface area contributed by atoms with Crippen molar-refractivity contribution < 1.29 is 14.0 Å². The first-order chi connectivity index (χ1) is 20.9. The predicted octanol–water partition coefficient (Wildman–Crippen LogP) is 12.4. The van der Waals surface area contributed by atoms with Crippen LogP contribution in [0, 0.1) is 0 Å². The number of aliphatic hydroxyl groups is 1. The molecule has 0 atom stereocenters. The lowest BCUT2D eigenvalue weighted by Gasteiger charge is -2.39. The van der Waals surface area contributed by atoms with E-state index in [-0.39, 0.29) is 21.7 Å². The zero-order valence-corrected chi connectivity index (χ0v) is 36.3. The zero-order chi connectivity index (χ0) is 36.3. The first kappa shape index (κ1) is 39.6. The molecule has 0 saturated carbocycles. The monoisotopic (exact) mass is 738 g/mol. The van der Waals surface area contributed by atoms with Crippen LogP contribution in [0.1, 0.15) is 122 Å². The van der Waals surface area contributed by atoms with Crippen LogP contribution in [-0.2, 0) is 27.3 Å². The van der Waals surface area contributed by atoms with E-state index in [4.69, 9.17) is 8.85 Å². The molecule has 0 aliphatic rings. The summed E-state index contributed by atoms with van der Waals surface area (Å²) < 4.78 is 14.9. The van der Waals surface area contributed by atoms with Crippen LogP contribution in [0.3, 0.4) is 0 Å². The Hall–Kier alpha value is -1.87. The summed E-state index contributed by atoms with van der Waals surface area (Å²) in [7, 11) is -3.95. The molecule has 6 heteroatoms. The highest BCUT2D eigenvalue weighted by Crippen LogP contribution is 2.50. The molecular formula is C41H63BrO3Si2. The first-order valence-corrected chi connectivity index (χ1v) is 24.7. The van der Waals surface area contributed by atoms with E-state index in [2.05, 4.69) is 163 Å². The molecule has 0 unspecified atom stereocenters. The Morgan fingerprint density at radius 1 is 0.468 bits per heavy atom. The number of benzene rings is 3. The van der Waals surface area contributed by atoms with Gasteiger partial charge in [0.25, 0.3) is 0 Å². The number of rotatable bonds is 7. The minimum Gasteiger partial charge on any atom is -0.544 e. The van der Waals surface area contributed by atoms with Gasteiger partial charge in [0.2, 0.25) is 16.6 Å². The molecule has 0 aliphatic carbocycles. The second kappa shape index (κ2) is 12.8. The van der Waals surface area contributed by atoms with Crippen LogP contribution >= 0.6 is 15.9 Å². The maximum atomic E-state index is 13.6. The SMILES string of the molecule is CC(C)(C)c1cc(C(O)(c2ccc(Br)cc2)c2cc(C(C)(C)C)c(O[Si](C)(C)C)c(C(C)(C)C)c2)cc(C(C)(C)C)c1O[Si](C)(C)C. The van der Waals surface area contributed by atoms with Crippen LogP contribution in [-0.4, -0.2) is 21.7 Å². The molecule has 47 heavy (non-hydrogen) atoms. The Labute approximate surface area is 298 Å². The van der Waals surface area contributed by atoms with Crippen molar-refractivity contribution in [1.29, 1.82) is 0 Å². The van der Waals surface area contributed by atoms with Gasteiger partial charge in [0.05, 0.1) is 0 Å². The van der Waals surface area contributed by atoms with Crippen molar-refractivity contribution in [2.24, 2.45) is 0 Å². The van der Waals surface area contributed by atoms with E-state index in [1.807, 2.05) is 24.3 Å². The molecule has 0 saturated heterocycles. The summed E-state index contributed by atoms with van der Waals surface area (Å²) in [5, 5.41) is 13.6. The third-order valence-electron chi connectivity index (χ3n) is 8.32. The van der Waals surface area contributed by atoms with Crippen molar-refractivity contribution in [3.8, 4) is 11.5 Å². The zero-order valence-electron chi connectivity index (χ0n) is 32.8. The highest BCUT2D eigenvalue weighted by Gasteiger charge is 2.41. The van der Waals surface area contributed by atoms with Crippen LogP contribution in [0.15, 0.2) is 53.0 Å². The van der Waals surface area contributed by atoms with E-state index >= 15 is 0 Å². The van der Waals surface area contributed by atoms with Gasteiger partial charge in [0.15, 0.2) is 0 Å². The minimum atomic E-state index is -1.98. The lowest BCUT2D eigenvalue weighted by molar-refractivity contribution is 0.125. The highest BCUT2D eigenvalue weighted by molar-refractivity contribution is 9.10. The van der Waals surface area contributed by atoms with Crippen molar-refractivity contribution in [1.82, 2.24) is 0 Å². The largest absolute Gasteiger partial charge is 0.544 e. The molecule has 0 bridgehead atoms. The average molecular weight is 740 g/mol. The maximum Gasteiger partial charge on any atom is 0.242 e. The second-order valence-corrected chi connectivity index (χ2v) is 29.2. The normalized spacial score (nSPS) is 14.0. The molecule has 260 valence electrons. The quantitative estimate of drug-likeness (QED) is 0.194. The van der Waals surface area contributed by atoms with Crippen molar-refractivity contribution in [3.63, 3.8) is 0 Å². The molecule has 3 rings (SSSR count). The third kappa shape index (κ3) is 9.23. The van der Waals surface area contributed by atoms with E-state index in [1.165, 1.54) is 0 Å². The molecule has 0 radical (unpaired) electrons. The molecule has 0 aliphatic heterocycles. The molecule has 0 fully saturated rings. The fourth-order valence-electron chi connectivity index (χ4n) is 5.93. The Balaban J connectivity index is 2.67. The van der Waals surface area contributed by atoms with Gasteiger partial charge in [-0.25, -0.2) is 0 Å². The number of hydrogen-bond donors (Lipinski definition) is 1. The van der Waals surface area contributed by atoms with E-state index in [0.717, 1.165) is 54.9 Å². The second-order valence-electron chi connectivity index (χ2n) is 19.4. The molecule has 0 aromatic heterocycles. The van der Waals surface area contributed by atoms with Gasteiger partial charge < -0.3 is 14.0 Å². The van der Waals surface area contributed by atoms with Crippen molar-refractivity contribution >= 4 is 32.6 Å². The van der Waals surface area contributed by atoms with Crippen LogP contribution in [0.2, 0.25) is 39.3 Å². The topological polar surface area (TPSA) is 38.7 Å². The summed E-state index contributed by atoms with van der Waals surface area (Å²) in [4.78, 5) is 0. The number of halogens is 1. The van der Waals surface area contributed by atoms with Crippen LogP contribution in [0.5, 0.6) is 11.5 Å². The predicted molar refractivity (Wildman–Crippen MR) is 212 cm³/mol. The fraction of sp³-hybridized carbons (Fsp3) is 0.561. The van der Waals surface area contributed by atoms with Gasteiger partial charge >= 0.3 is 0 Å². The molecule has 1 N–H and O–H groups in total. The first-order valence-electron chi connectivity index (χ1n) is 17.1. The molecule has 0 spiro atoms. The maximum absolute atomic E-state index is 13.6. The lowest BCUT2D eigenvalue weighted by Crippen LogP contribution is -2.36. The Bertz CT molecular complexity index is 1420. The molecule has 3 aromatic carbocycles. The van der Waals surface area contributed by atoms with Gasteiger partial charge in [-0.3, -0.25) is 0 Å². The van der Waals surface area contributed by atoms with E-state index < -0.39 is 22.2 Å². The van der Waals surface area contributed by atoms with Gasteiger partial charge in [-0.1, -0.05) is 111 Å². The van der Waals surface area contributed by atoms with Gasteiger partial charge in [0, 0.05) is 4.47 Å². The fourth-order valence-corrected chi connectivity index (χ4v) is 7.86.